The SMILES string of the molecule is CC(I)CCBr. The Morgan fingerprint density at radius 2 is 2.33 bits per heavy atom. The summed E-state index contributed by atoms with van der Waals surface area (Å²) in [5.41, 5.74) is 0. The molecule has 0 N–H and O–H groups in total. The number of hydrogen-bond acceptors (Lipinski definition) is 0. The van der Waals surface area contributed by atoms with Gasteiger partial charge in [0, 0.05) is 9.25 Å². The molecule has 0 bridgehead atoms. The van der Waals surface area contributed by atoms with Gasteiger partial charge in [-0.2, -0.15) is 0 Å². The average Bonchev–Trinajstić information content (AvgIpc) is 1.35. The summed E-state index contributed by atoms with van der Waals surface area (Å²) >= 11 is 5.76. The molecule has 1 atom stereocenters. The summed E-state index contributed by atoms with van der Waals surface area (Å²) in [4.78, 5) is 0. The van der Waals surface area contributed by atoms with Gasteiger partial charge in [0.25, 0.3) is 0 Å². The van der Waals surface area contributed by atoms with E-state index in [0.717, 1.165) is 9.25 Å². The Balaban J connectivity index is 2.63. The van der Waals surface area contributed by atoms with Gasteiger partial charge in [0.15, 0.2) is 0 Å². The first kappa shape index (κ1) is 7.21. The van der Waals surface area contributed by atoms with Crippen LogP contribution >= 0.6 is 38.5 Å². The minimum absolute atomic E-state index is 0.821. The van der Waals surface area contributed by atoms with Crippen LogP contribution in [0, 0.1) is 0 Å². The molecule has 6 heavy (non-hydrogen) atoms. The summed E-state index contributed by atoms with van der Waals surface area (Å²) in [5.74, 6) is 0. The van der Waals surface area contributed by atoms with E-state index in [2.05, 4.69) is 45.4 Å². The van der Waals surface area contributed by atoms with Crippen molar-refractivity contribution in [2.24, 2.45) is 0 Å². The predicted octanol–water partition coefficient (Wildman–Crippen LogP) is 2.59. The van der Waals surface area contributed by atoms with Gasteiger partial charge in [0.1, 0.15) is 0 Å². The fraction of sp³-hybridized carbons (Fsp3) is 1.00. The summed E-state index contributed by atoms with van der Waals surface area (Å²) in [6, 6.07) is 0. The van der Waals surface area contributed by atoms with Crippen molar-refractivity contribution in [2.75, 3.05) is 5.33 Å². The number of hydrogen-bond donors (Lipinski definition) is 0. The van der Waals surface area contributed by atoms with E-state index in [0.29, 0.717) is 0 Å². The van der Waals surface area contributed by atoms with E-state index in [4.69, 9.17) is 0 Å². The summed E-state index contributed by atoms with van der Waals surface area (Å²) in [6.07, 6.45) is 1.28. The molecule has 0 aromatic heterocycles. The molecule has 0 rings (SSSR count). The third kappa shape index (κ3) is 5.21. The van der Waals surface area contributed by atoms with Crippen molar-refractivity contribution in [2.45, 2.75) is 17.3 Å². The van der Waals surface area contributed by atoms with E-state index >= 15 is 0 Å². The van der Waals surface area contributed by atoms with Gasteiger partial charge < -0.3 is 0 Å². The van der Waals surface area contributed by atoms with Crippen molar-refractivity contribution in [3.05, 3.63) is 0 Å². The monoisotopic (exact) mass is 262 g/mol. The van der Waals surface area contributed by atoms with Crippen LogP contribution in [0.3, 0.4) is 0 Å². The van der Waals surface area contributed by atoms with E-state index in [-0.39, 0.29) is 0 Å². The number of rotatable bonds is 2. The van der Waals surface area contributed by atoms with Crippen LogP contribution in [-0.4, -0.2) is 9.25 Å². The second-order valence-corrected chi connectivity index (χ2v) is 4.18. The van der Waals surface area contributed by atoms with E-state index in [1.807, 2.05) is 0 Å². The fourth-order valence-corrected chi connectivity index (χ4v) is 2.00. The van der Waals surface area contributed by atoms with E-state index in [9.17, 15) is 0 Å². The molecular weight excluding hydrogens is 255 g/mol. The largest absolute Gasteiger partial charge is 0.0928 e. The molecule has 0 aliphatic heterocycles. The first-order valence-corrected chi connectivity index (χ1v) is 4.34. The molecule has 0 aliphatic rings. The van der Waals surface area contributed by atoms with Crippen molar-refractivity contribution in [3.63, 3.8) is 0 Å². The van der Waals surface area contributed by atoms with Gasteiger partial charge in [-0.25, -0.2) is 0 Å². The Labute approximate surface area is 61.0 Å². The number of halogens is 2. The van der Waals surface area contributed by atoms with Crippen LogP contribution < -0.4 is 0 Å². The average molecular weight is 263 g/mol. The molecule has 0 saturated carbocycles. The third-order valence-electron chi connectivity index (χ3n) is 0.507. The maximum atomic E-state index is 3.35. The van der Waals surface area contributed by atoms with Crippen LogP contribution in [0.5, 0.6) is 0 Å². The fourth-order valence-electron chi connectivity index (χ4n) is 0.150. The first-order chi connectivity index (χ1) is 2.77. The Hall–Kier alpha value is 1.21. The topological polar surface area (TPSA) is 0 Å². The van der Waals surface area contributed by atoms with Crippen molar-refractivity contribution in [3.8, 4) is 0 Å². The lowest BCUT2D eigenvalue weighted by Gasteiger charge is -1.92. The highest BCUT2D eigenvalue weighted by molar-refractivity contribution is 14.1. The molecule has 0 saturated heterocycles. The van der Waals surface area contributed by atoms with Gasteiger partial charge in [-0.3, -0.25) is 0 Å². The van der Waals surface area contributed by atoms with Crippen molar-refractivity contribution < 1.29 is 0 Å². The standard InChI is InChI=1S/C4H8BrI/c1-4(6)2-3-5/h4H,2-3H2,1H3. The molecule has 0 heterocycles. The van der Waals surface area contributed by atoms with Crippen molar-refractivity contribution >= 4 is 38.5 Å². The lowest BCUT2D eigenvalue weighted by atomic mass is 10.4. The summed E-state index contributed by atoms with van der Waals surface area (Å²) in [7, 11) is 0. The van der Waals surface area contributed by atoms with Gasteiger partial charge in [-0.05, 0) is 6.42 Å². The Morgan fingerprint density at radius 3 is 2.33 bits per heavy atom. The third-order valence-corrected chi connectivity index (χ3v) is 1.59. The van der Waals surface area contributed by atoms with Crippen LogP contribution in [0.4, 0.5) is 0 Å². The molecule has 2 heteroatoms. The zero-order chi connectivity index (χ0) is 4.99. The first-order valence-electron chi connectivity index (χ1n) is 1.97. The lowest BCUT2D eigenvalue weighted by Crippen LogP contribution is -1.87. The Morgan fingerprint density at radius 1 is 1.83 bits per heavy atom. The maximum Gasteiger partial charge on any atom is 0.00892 e. The molecule has 0 aromatic rings. The molecule has 1 unspecified atom stereocenters. The zero-order valence-corrected chi connectivity index (χ0v) is 7.49. The summed E-state index contributed by atoms with van der Waals surface area (Å²) in [5, 5.41) is 1.14. The van der Waals surface area contributed by atoms with Crippen LogP contribution in [0.2, 0.25) is 0 Å². The Bertz CT molecular complexity index is 28.7. The Kier molecular flexibility index (Phi) is 5.25. The van der Waals surface area contributed by atoms with E-state index in [1.54, 1.807) is 0 Å². The quantitative estimate of drug-likeness (QED) is 0.530. The van der Waals surface area contributed by atoms with E-state index < -0.39 is 0 Å². The highest BCUT2D eigenvalue weighted by Gasteiger charge is 1.88. The summed E-state index contributed by atoms with van der Waals surface area (Å²) < 4.78 is 0.821. The van der Waals surface area contributed by atoms with Gasteiger partial charge in [-0.15, -0.1) is 0 Å². The number of alkyl halides is 2. The second-order valence-electron chi connectivity index (χ2n) is 1.26. The molecular formula is C4H8BrI. The normalized spacial score (nSPS) is 14.5. The highest BCUT2D eigenvalue weighted by atomic mass is 127. The maximum absolute atomic E-state index is 3.35. The molecule has 0 aliphatic carbocycles. The highest BCUT2D eigenvalue weighted by Crippen LogP contribution is 2.04. The lowest BCUT2D eigenvalue weighted by molar-refractivity contribution is 0.956. The second kappa shape index (κ2) is 4.37. The van der Waals surface area contributed by atoms with Gasteiger partial charge >= 0.3 is 0 Å². The van der Waals surface area contributed by atoms with Crippen LogP contribution in [-0.2, 0) is 0 Å². The molecule has 0 fully saturated rings. The molecule has 38 valence electrons. The van der Waals surface area contributed by atoms with Crippen LogP contribution in [0.1, 0.15) is 13.3 Å². The van der Waals surface area contributed by atoms with Crippen LogP contribution in [0.25, 0.3) is 0 Å². The van der Waals surface area contributed by atoms with Gasteiger partial charge in [-0.1, -0.05) is 45.4 Å². The minimum atomic E-state index is 0.821. The molecule has 0 nitrogen and oxygen atoms in total. The predicted molar refractivity (Wildman–Crippen MR) is 41.9 cm³/mol. The zero-order valence-electron chi connectivity index (χ0n) is 3.75. The van der Waals surface area contributed by atoms with Crippen molar-refractivity contribution in [1.82, 2.24) is 0 Å². The molecule has 0 spiro atoms. The minimum Gasteiger partial charge on any atom is -0.0928 e. The van der Waals surface area contributed by atoms with Crippen molar-refractivity contribution in [1.29, 1.82) is 0 Å². The smallest absolute Gasteiger partial charge is 0.00892 e. The van der Waals surface area contributed by atoms with Gasteiger partial charge in [0.05, 0.1) is 0 Å². The molecule has 0 radical (unpaired) electrons. The van der Waals surface area contributed by atoms with E-state index in [1.165, 1.54) is 6.42 Å². The van der Waals surface area contributed by atoms with Gasteiger partial charge in [0.2, 0.25) is 0 Å². The summed E-state index contributed by atoms with van der Waals surface area (Å²) in [6.45, 7) is 2.21. The van der Waals surface area contributed by atoms with Crippen LogP contribution in [0.15, 0.2) is 0 Å². The molecule has 0 aromatic carbocycles. The molecule has 0 amide bonds.